The third kappa shape index (κ3) is 4.16. The molecule has 1 aliphatic rings. The number of nitrogens with zero attached hydrogens (tertiary/aromatic N) is 1. The van der Waals surface area contributed by atoms with E-state index in [2.05, 4.69) is 0 Å². The van der Waals surface area contributed by atoms with Crippen molar-refractivity contribution in [3.05, 3.63) is 29.8 Å². The van der Waals surface area contributed by atoms with Crippen molar-refractivity contribution in [2.75, 3.05) is 26.2 Å². The maximum atomic E-state index is 9.92. The molecule has 0 aromatic heterocycles. The Hall–Kier alpha value is -1.18. The van der Waals surface area contributed by atoms with E-state index in [9.17, 15) is 15.3 Å². The Kier molecular flexibility index (Phi) is 5.33. The van der Waals surface area contributed by atoms with Crippen LogP contribution in [-0.4, -0.2) is 64.8 Å². The minimum Gasteiger partial charge on any atom is -0.491 e. The number of β-amino-alcohol motifs (C(OH)–C–C–N with tert-alkyl or cyclic N) is 3. The van der Waals surface area contributed by atoms with Crippen molar-refractivity contribution in [2.45, 2.75) is 24.9 Å². The first-order chi connectivity index (χ1) is 9.58. The van der Waals surface area contributed by atoms with Gasteiger partial charge >= 0.3 is 0 Å². The Bertz CT molecular complexity index is 419. The number of hydrogen-bond donors (Lipinski definition) is 4. The molecule has 1 heterocycles. The van der Waals surface area contributed by atoms with Crippen LogP contribution in [0.4, 0.5) is 0 Å². The van der Waals surface area contributed by atoms with Crippen molar-refractivity contribution in [3.8, 4) is 5.75 Å². The van der Waals surface area contributed by atoms with Crippen LogP contribution >= 0.6 is 0 Å². The number of aliphatic hydroxyl groups excluding tert-OH is 3. The van der Waals surface area contributed by atoms with Crippen LogP contribution in [0, 0.1) is 0 Å². The standard InChI is InChI=1S/C14H22N2O4/c15-5-10-2-1-3-12(4-10)20-9-11(17)6-16-7-13(18)14(19)8-16/h1-4,11,13-14,17-19H,5-9,15H2. The van der Waals surface area contributed by atoms with Gasteiger partial charge in [0.05, 0.1) is 12.2 Å². The molecule has 0 bridgehead atoms. The molecule has 3 atom stereocenters. The Labute approximate surface area is 118 Å². The largest absolute Gasteiger partial charge is 0.491 e. The van der Waals surface area contributed by atoms with Gasteiger partial charge < -0.3 is 25.8 Å². The molecule has 2 rings (SSSR count). The van der Waals surface area contributed by atoms with E-state index in [1.807, 2.05) is 29.2 Å². The van der Waals surface area contributed by atoms with Crippen LogP contribution < -0.4 is 10.5 Å². The molecule has 0 spiro atoms. The molecule has 0 saturated carbocycles. The summed E-state index contributed by atoms with van der Waals surface area (Å²) < 4.78 is 5.52. The molecule has 1 fully saturated rings. The van der Waals surface area contributed by atoms with Crippen LogP contribution in [-0.2, 0) is 6.54 Å². The first-order valence-electron chi connectivity index (χ1n) is 6.77. The van der Waals surface area contributed by atoms with Gasteiger partial charge in [-0.3, -0.25) is 4.90 Å². The summed E-state index contributed by atoms with van der Waals surface area (Å²) in [6, 6.07) is 7.43. The Balaban J connectivity index is 1.76. The molecular weight excluding hydrogens is 260 g/mol. The molecule has 0 amide bonds. The molecule has 1 aliphatic heterocycles. The highest BCUT2D eigenvalue weighted by Gasteiger charge is 2.30. The van der Waals surface area contributed by atoms with Gasteiger partial charge in [-0.2, -0.15) is 0 Å². The number of likely N-dealkylation sites (tertiary alicyclic amines) is 1. The van der Waals surface area contributed by atoms with Crippen molar-refractivity contribution < 1.29 is 20.1 Å². The molecule has 6 nitrogen and oxygen atoms in total. The van der Waals surface area contributed by atoms with Gasteiger partial charge in [0.1, 0.15) is 18.5 Å². The van der Waals surface area contributed by atoms with Gasteiger partial charge in [0.2, 0.25) is 0 Å². The maximum absolute atomic E-state index is 9.92. The summed E-state index contributed by atoms with van der Waals surface area (Å²) in [5.74, 6) is 0.675. The van der Waals surface area contributed by atoms with Crippen LogP contribution in [0.3, 0.4) is 0 Å². The second kappa shape index (κ2) is 7.01. The van der Waals surface area contributed by atoms with E-state index in [4.69, 9.17) is 10.5 Å². The number of rotatable bonds is 6. The Morgan fingerprint density at radius 3 is 2.65 bits per heavy atom. The van der Waals surface area contributed by atoms with Gasteiger partial charge in [0.25, 0.3) is 0 Å². The van der Waals surface area contributed by atoms with E-state index < -0.39 is 18.3 Å². The molecule has 1 aromatic rings. The fraction of sp³-hybridized carbons (Fsp3) is 0.571. The molecule has 6 heteroatoms. The van der Waals surface area contributed by atoms with Gasteiger partial charge in [0.15, 0.2) is 0 Å². The highest BCUT2D eigenvalue weighted by molar-refractivity contribution is 5.28. The first kappa shape index (κ1) is 15.2. The number of aliphatic hydroxyl groups is 3. The lowest BCUT2D eigenvalue weighted by Crippen LogP contribution is -2.35. The highest BCUT2D eigenvalue weighted by Crippen LogP contribution is 2.14. The van der Waals surface area contributed by atoms with Crippen molar-refractivity contribution in [3.63, 3.8) is 0 Å². The molecule has 112 valence electrons. The van der Waals surface area contributed by atoms with Gasteiger partial charge in [-0.05, 0) is 17.7 Å². The van der Waals surface area contributed by atoms with Gasteiger partial charge in [-0.15, -0.1) is 0 Å². The topological polar surface area (TPSA) is 99.2 Å². The molecule has 5 N–H and O–H groups in total. The van der Waals surface area contributed by atoms with E-state index >= 15 is 0 Å². The lowest BCUT2D eigenvalue weighted by Gasteiger charge is -2.19. The summed E-state index contributed by atoms with van der Waals surface area (Å²) in [5.41, 5.74) is 6.53. The predicted molar refractivity (Wildman–Crippen MR) is 74.3 cm³/mol. The maximum Gasteiger partial charge on any atom is 0.119 e. The molecule has 0 aliphatic carbocycles. The van der Waals surface area contributed by atoms with Crippen LogP contribution in [0.2, 0.25) is 0 Å². The average molecular weight is 282 g/mol. The Morgan fingerprint density at radius 2 is 2.00 bits per heavy atom. The van der Waals surface area contributed by atoms with E-state index in [-0.39, 0.29) is 6.61 Å². The minimum atomic E-state index is -0.732. The summed E-state index contributed by atoms with van der Waals surface area (Å²) in [7, 11) is 0. The molecule has 3 unspecified atom stereocenters. The van der Waals surface area contributed by atoms with Crippen molar-refractivity contribution in [2.24, 2.45) is 5.73 Å². The van der Waals surface area contributed by atoms with E-state index in [1.54, 1.807) is 0 Å². The van der Waals surface area contributed by atoms with Crippen LogP contribution in [0.1, 0.15) is 5.56 Å². The number of ether oxygens (including phenoxy) is 1. The smallest absolute Gasteiger partial charge is 0.119 e. The summed E-state index contributed by atoms with van der Waals surface area (Å²) >= 11 is 0. The number of benzene rings is 1. The third-order valence-electron chi connectivity index (χ3n) is 3.38. The zero-order valence-electron chi connectivity index (χ0n) is 11.4. The predicted octanol–water partition coefficient (Wildman–Crippen LogP) is -1.08. The first-order valence-corrected chi connectivity index (χ1v) is 6.77. The third-order valence-corrected chi connectivity index (χ3v) is 3.38. The summed E-state index contributed by atoms with van der Waals surface area (Å²) in [6.45, 7) is 1.73. The fourth-order valence-electron chi connectivity index (χ4n) is 2.30. The molecule has 20 heavy (non-hydrogen) atoms. The lowest BCUT2D eigenvalue weighted by molar-refractivity contribution is 0.0572. The van der Waals surface area contributed by atoms with Crippen molar-refractivity contribution in [1.29, 1.82) is 0 Å². The van der Waals surface area contributed by atoms with Crippen LogP contribution in [0.5, 0.6) is 5.75 Å². The van der Waals surface area contributed by atoms with Gasteiger partial charge in [0, 0.05) is 26.2 Å². The number of hydrogen-bond acceptors (Lipinski definition) is 6. The quantitative estimate of drug-likeness (QED) is 0.530. The fourth-order valence-corrected chi connectivity index (χ4v) is 2.30. The van der Waals surface area contributed by atoms with Crippen LogP contribution in [0.15, 0.2) is 24.3 Å². The zero-order valence-corrected chi connectivity index (χ0v) is 11.4. The van der Waals surface area contributed by atoms with E-state index in [0.717, 1.165) is 5.56 Å². The van der Waals surface area contributed by atoms with E-state index in [1.165, 1.54) is 0 Å². The summed E-state index contributed by atoms with van der Waals surface area (Å²) in [4.78, 5) is 1.82. The normalized spacial score (nSPS) is 24.8. The second-order valence-electron chi connectivity index (χ2n) is 5.17. The van der Waals surface area contributed by atoms with Gasteiger partial charge in [-0.25, -0.2) is 0 Å². The summed E-state index contributed by atoms with van der Waals surface area (Å²) in [6.07, 6.45) is -2.14. The Morgan fingerprint density at radius 1 is 1.30 bits per heavy atom. The van der Waals surface area contributed by atoms with Crippen molar-refractivity contribution >= 4 is 0 Å². The average Bonchev–Trinajstić information content (AvgIpc) is 2.75. The highest BCUT2D eigenvalue weighted by atomic mass is 16.5. The second-order valence-corrected chi connectivity index (χ2v) is 5.17. The minimum absolute atomic E-state index is 0.163. The molecule has 1 aromatic carbocycles. The molecule has 1 saturated heterocycles. The zero-order chi connectivity index (χ0) is 14.5. The summed E-state index contributed by atoms with van der Waals surface area (Å²) in [5, 5.41) is 28.8. The molecular formula is C14H22N2O4. The monoisotopic (exact) mass is 282 g/mol. The van der Waals surface area contributed by atoms with Crippen molar-refractivity contribution in [1.82, 2.24) is 4.90 Å². The van der Waals surface area contributed by atoms with Crippen LogP contribution in [0.25, 0.3) is 0 Å². The number of nitrogens with two attached hydrogens (primary N) is 1. The van der Waals surface area contributed by atoms with Gasteiger partial charge in [-0.1, -0.05) is 12.1 Å². The van der Waals surface area contributed by atoms with E-state index in [0.29, 0.717) is 31.9 Å². The molecule has 0 radical (unpaired) electrons. The lowest BCUT2D eigenvalue weighted by atomic mass is 10.2. The SMILES string of the molecule is NCc1cccc(OCC(O)CN2CC(O)C(O)C2)c1.